The van der Waals surface area contributed by atoms with Crippen LogP contribution in [0.1, 0.15) is 28.8 Å². The molecule has 4 nitrogen and oxygen atoms in total. The molecule has 0 saturated carbocycles. The minimum Gasteiger partial charge on any atom is -0.489 e. The predicted molar refractivity (Wildman–Crippen MR) is 98.5 cm³/mol. The second-order valence-electron chi connectivity index (χ2n) is 5.91. The van der Waals surface area contributed by atoms with Crippen molar-refractivity contribution in [3.8, 4) is 5.75 Å². The van der Waals surface area contributed by atoms with E-state index in [4.69, 9.17) is 32.7 Å². The van der Waals surface area contributed by atoms with Gasteiger partial charge in [-0.15, -0.1) is 0 Å². The molecule has 0 aromatic heterocycles. The Hall–Kier alpha value is -1.75. The summed E-state index contributed by atoms with van der Waals surface area (Å²) in [5, 5.41) is 3.90. The zero-order valence-electron chi connectivity index (χ0n) is 13.6. The van der Waals surface area contributed by atoms with Crippen LogP contribution in [0.4, 0.5) is 0 Å². The molecule has 0 bridgehead atoms. The molecule has 1 saturated heterocycles. The van der Waals surface area contributed by atoms with Crippen LogP contribution in [0.25, 0.3) is 0 Å². The Morgan fingerprint density at radius 2 is 2.08 bits per heavy atom. The average molecular weight is 380 g/mol. The lowest BCUT2D eigenvalue weighted by molar-refractivity contribution is 0.0857. The van der Waals surface area contributed by atoms with Gasteiger partial charge in [-0.3, -0.25) is 4.79 Å². The first-order valence-electron chi connectivity index (χ1n) is 8.18. The predicted octanol–water partition coefficient (Wildman–Crippen LogP) is 4.48. The van der Waals surface area contributed by atoms with Crippen molar-refractivity contribution >= 4 is 29.1 Å². The van der Waals surface area contributed by atoms with Gasteiger partial charge in [-0.05, 0) is 48.7 Å². The zero-order valence-corrected chi connectivity index (χ0v) is 15.1. The summed E-state index contributed by atoms with van der Waals surface area (Å²) >= 11 is 11.9. The summed E-state index contributed by atoms with van der Waals surface area (Å²) in [6.07, 6.45) is 2.17. The Kier molecular flexibility index (Phi) is 6.19. The SMILES string of the molecule is O=C(NC[C@H]1CCCO1)c1cccc(OCc2ccc(Cl)c(Cl)c2)c1. The standard InChI is InChI=1S/C19H19Cl2NO3/c20-17-7-6-13(9-18(17)21)12-25-15-4-1-3-14(10-15)19(23)22-11-16-5-2-8-24-16/h1,3-4,6-7,9-10,16H,2,5,8,11-12H2,(H,22,23)/t16-/m1/s1. The maximum Gasteiger partial charge on any atom is 0.251 e. The van der Waals surface area contributed by atoms with Crippen LogP contribution in [0, 0.1) is 0 Å². The Labute approximate surface area is 157 Å². The third-order valence-electron chi connectivity index (χ3n) is 4.00. The van der Waals surface area contributed by atoms with Gasteiger partial charge in [0.1, 0.15) is 12.4 Å². The third kappa shape index (κ3) is 5.11. The van der Waals surface area contributed by atoms with E-state index < -0.39 is 0 Å². The number of ether oxygens (including phenoxy) is 2. The van der Waals surface area contributed by atoms with E-state index in [9.17, 15) is 4.79 Å². The van der Waals surface area contributed by atoms with Gasteiger partial charge in [0.05, 0.1) is 16.1 Å². The first-order valence-corrected chi connectivity index (χ1v) is 8.94. The van der Waals surface area contributed by atoms with Gasteiger partial charge in [0, 0.05) is 18.7 Å². The molecule has 0 radical (unpaired) electrons. The van der Waals surface area contributed by atoms with Crippen LogP contribution in [-0.2, 0) is 11.3 Å². The van der Waals surface area contributed by atoms with Crippen LogP contribution in [0.3, 0.4) is 0 Å². The van der Waals surface area contributed by atoms with E-state index in [1.54, 1.807) is 30.3 Å². The van der Waals surface area contributed by atoms with E-state index in [-0.39, 0.29) is 12.0 Å². The fourth-order valence-electron chi connectivity index (χ4n) is 2.64. The van der Waals surface area contributed by atoms with E-state index in [0.717, 1.165) is 25.0 Å². The van der Waals surface area contributed by atoms with Crippen LogP contribution in [0.2, 0.25) is 10.0 Å². The van der Waals surface area contributed by atoms with Crippen molar-refractivity contribution in [1.29, 1.82) is 0 Å². The molecule has 6 heteroatoms. The van der Waals surface area contributed by atoms with Gasteiger partial charge in [-0.1, -0.05) is 35.3 Å². The lowest BCUT2D eigenvalue weighted by Gasteiger charge is -2.12. The highest BCUT2D eigenvalue weighted by Crippen LogP contribution is 2.23. The highest BCUT2D eigenvalue weighted by Gasteiger charge is 2.16. The first kappa shape index (κ1) is 18.1. The van der Waals surface area contributed by atoms with Crippen LogP contribution in [0.15, 0.2) is 42.5 Å². The van der Waals surface area contributed by atoms with Gasteiger partial charge in [0.25, 0.3) is 5.91 Å². The highest BCUT2D eigenvalue weighted by molar-refractivity contribution is 6.42. The minimum absolute atomic E-state index is 0.123. The van der Waals surface area contributed by atoms with Crippen molar-refractivity contribution in [2.24, 2.45) is 0 Å². The minimum atomic E-state index is -0.129. The highest BCUT2D eigenvalue weighted by atomic mass is 35.5. The molecule has 1 aliphatic rings. The molecular formula is C19H19Cl2NO3. The smallest absolute Gasteiger partial charge is 0.251 e. The quantitative estimate of drug-likeness (QED) is 0.804. The molecule has 132 valence electrons. The lowest BCUT2D eigenvalue weighted by Crippen LogP contribution is -2.31. The molecule has 2 aromatic rings. The maximum atomic E-state index is 12.3. The van der Waals surface area contributed by atoms with E-state index in [1.807, 2.05) is 12.1 Å². The van der Waals surface area contributed by atoms with Gasteiger partial charge >= 0.3 is 0 Å². The molecule has 0 aliphatic carbocycles. The third-order valence-corrected chi connectivity index (χ3v) is 4.74. The molecule has 0 spiro atoms. The van der Waals surface area contributed by atoms with Crippen molar-refractivity contribution in [2.45, 2.75) is 25.6 Å². The number of benzene rings is 2. The number of halogens is 2. The molecule has 2 aromatic carbocycles. The van der Waals surface area contributed by atoms with Crippen molar-refractivity contribution in [3.63, 3.8) is 0 Å². The number of carbonyl (C=O) groups excluding carboxylic acids is 1. The molecule has 1 heterocycles. The van der Waals surface area contributed by atoms with Crippen LogP contribution >= 0.6 is 23.2 Å². The average Bonchev–Trinajstić information content (AvgIpc) is 3.14. The van der Waals surface area contributed by atoms with E-state index >= 15 is 0 Å². The molecule has 1 fully saturated rings. The first-order chi connectivity index (χ1) is 12.1. The molecule has 1 atom stereocenters. The number of hydrogen-bond acceptors (Lipinski definition) is 3. The summed E-state index contributed by atoms with van der Waals surface area (Å²) in [5.41, 5.74) is 1.47. The molecule has 0 unspecified atom stereocenters. The van der Waals surface area contributed by atoms with Gasteiger partial charge in [-0.25, -0.2) is 0 Å². The van der Waals surface area contributed by atoms with Crippen LogP contribution in [0.5, 0.6) is 5.75 Å². The second kappa shape index (κ2) is 8.56. The lowest BCUT2D eigenvalue weighted by atomic mass is 10.2. The monoisotopic (exact) mass is 379 g/mol. The second-order valence-corrected chi connectivity index (χ2v) is 6.72. The molecule has 1 N–H and O–H groups in total. The van der Waals surface area contributed by atoms with E-state index in [1.165, 1.54) is 0 Å². The molecular weight excluding hydrogens is 361 g/mol. The molecule has 25 heavy (non-hydrogen) atoms. The van der Waals surface area contributed by atoms with Crippen molar-refractivity contribution in [2.75, 3.05) is 13.2 Å². The van der Waals surface area contributed by atoms with Gasteiger partial charge < -0.3 is 14.8 Å². The zero-order chi connectivity index (χ0) is 17.6. The topological polar surface area (TPSA) is 47.6 Å². The normalized spacial score (nSPS) is 16.6. The number of amides is 1. The maximum absolute atomic E-state index is 12.3. The Morgan fingerprint density at radius 3 is 2.84 bits per heavy atom. The van der Waals surface area contributed by atoms with Crippen molar-refractivity contribution in [1.82, 2.24) is 5.32 Å². The fourth-order valence-corrected chi connectivity index (χ4v) is 2.96. The van der Waals surface area contributed by atoms with Gasteiger partial charge in [-0.2, -0.15) is 0 Å². The summed E-state index contributed by atoms with van der Waals surface area (Å²) in [6, 6.07) is 12.4. The van der Waals surface area contributed by atoms with E-state index in [0.29, 0.717) is 34.5 Å². The molecule has 3 rings (SSSR count). The summed E-state index contributed by atoms with van der Waals surface area (Å²) in [6.45, 7) is 1.66. The summed E-state index contributed by atoms with van der Waals surface area (Å²) < 4.78 is 11.3. The molecule has 1 aliphatic heterocycles. The summed E-state index contributed by atoms with van der Waals surface area (Å²) in [7, 11) is 0. The van der Waals surface area contributed by atoms with Crippen LogP contribution < -0.4 is 10.1 Å². The number of carbonyl (C=O) groups is 1. The largest absolute Gasteiger partial charge is 0.489 e. The van der Waals surface area contributed by atoms with Crippen molar-refractivity contribution in [3.05, 3.63) is 63.6 Å². The van der Waals surface area contributed by atoms with Crippen molar-refractivity contribution < 1.29 is 14.3 Å². The van der Waals surface area contributed by atoms with Gasteiger partial charge in [0.15, 0.2) is 0 Å². The Bertz CT molecular complexity index is 745. The fraction of sp³-hybridized carbons (Fsp3) is 0.316. The van der Waals surface area contributed by atoms with Crippen LogP contribution in [-0.4, -0.2) is 25.2 Å². The number of hydrogen-bond donors (Lipinski definition) is 1. The summed E-state index contributed by atoms with van der Waals surface area (Å²) in [4.78, 5) is 12.3. The number of nitrogens with one attached hydrogen (secondary N) is 1. The molecule has 1 amide bonds. The Morgan fingerprint density at radius 1 is 1.20 bits per heavy atom. The van der Waals surface area contributed by atoms with Gasteiger partial charge in [0.2, 0.25) is 0 Å². The Balaban J connectivity index is 1.56. The summed E-state index contributed by atoms with van der Waals surface area (Å²) in [5.74, 6) is 0.492. The number of rotatable bonds is 6. The van der Waals surface area contributed by atoms with E-state index in [2.05, 4.69) is 5.32 Å².